The zero-order valence-corrected chi connectivity index (χ0v) is 20.8. The molecule has 0 aliphatic heterocycles. The molecule has 0 fully saturated rings. The lowest BCUT2D eigenvalue weighted by molar-refractivity contribution is 0.601. The summed E-state index contributed by atoms with van der Waals surface area (Å²) in [5, 5.41) is 3.18. The largest absolute Gasteiger partial charge is 0.369 e. The number of fused-ring (bicyclic) bond motifs is 1. The summed E-state index contributed by atoms with van der Waals surface area (Å²) in [6.45, 7) is 4.26. The van der Waals surface area contributed by atoms with Gasteiger partial charge in [0.1, 0.15) is 5.82 Å². The zero-order valence-electron chi connectivity index (χ0n) is 19.9. The van der Waals surface area contributed by atoms with Crippen molar-refractivity contribution in [2.24, 2.45) is 7.05 Å². The van der Waals surface area contributed by atoms with Crippen molar-refractivity contribution in [2.45, 2.75) is 25.5 Å². The van der Waals surface area contributed by atoms with Crippen molar-refractivity contribution >= 4 is 50.0 Å². The number of nitrogens with zero attached hydrogens (tertiary/aromatic N) is 5. The lowest BCUT2D eigenvalue weighted by Gasteiger charge is -2.24. The number of rotatable bonds is 7. The Morgan fingerprint density at radius 3 is 2.62 bits per heavy atom. The molecule has 0 aliphatic rings. The van der Waals surface area contributed by atoms with Crippen molar-refractivity contribution < 1.29 is 8.42 Å². The summed E-state index contributed by atoms with van der Waals surface area (Å²) in [6, 6.07) is 13.1. The highest BCUT2D eigenvalue weighted by molar-refractivity contribution is 7.89. The predicted molar refractivity (Wildman–Crippen MR) is 138 cm³/mol. The molecule has 4 aromatic rings. The van der Waals surface area contributed by atoms with Gasteiger partial charge in [-0.1, -0.05) is 26.0 Å². The van der Waals surface area contributed by atoms with Crippen LogP contribution in [0, 0.1) is 0 Å². The van der Waals surface area contributed by atoms with Crippen LogP contribution < -0.4 is 16.0 Å². The van der Waals surface area contributed by atoms with Crippen LogP contribution in [0.5, 0.6) is 0 Å². The van der Waals surface area contributed by atoms with E-state index in [2.05, 4.69) is 40.2 Å². The van der Waals surface area contributed by atoms with Crippen molar-refractivity contribution in [2.75, 3.05) is 29.3 Å². The third-order valence-electron chi connectivity index (χ3n) is 5.64. The number of benzene rings is 2. The number of hydrogen-bond donors (Lipinski definition) is 2. The molecular weight excluding hydrogens is 450 g/mol. The van der Waals surface area contributed by atoms with Crippen molar-refractivity contribution in [3.8, 4) is 0 Å². The van der Waals surface area contributed by atoms with Crippen LogP contribution in [0.1, 0.15) is 30.9 Å². The molecule has 2 aromatic carbocycles. The summed E-state index contributed by atoms with van der Waals surface area (Å²) in [6.07, 6.45) is 2.91. The first-order valence-electron chi connectivity index (χ1n) is 10.9. The van der Waals surface area contributed by atoms with E-state index in [0.717, 1.165) is 22.3 Å². The Balaban J connectivity index is 1.67. The SMILES string of the molecule is CC(C)c1c(N(C)c2ccnc(Nc3cccc(CS(C)(=O)=O)c3)n2)ccc2c1nc(N)n2C. The Morgan fingerprint density at radius 1 is 1.15 bits per heavy atom. The monoisotopic (exact) mass is 479 g/mol. The number of sulfone groups is 1. The minimum Gasteiger partial charge on any atom is -0.369 e. The van der Waals surface area contributed by atoms with Crippen LogP contribution in [0.25, 0.3) is 11.0 Å². The van der Waals surface area contributed by atoms with Gasteiger partial charge in [-0.15, -0.1) is 0 Å². The second kappa shape index (κ2) is 8.94. The fourth-order valence-electron chi connectivity index (χ4n) is 4.04. The molecule has 178 valence electrons. The third kappa shape index (κ3) is 4.81. The highest BCUT2D eigenvalue weighted by Gasteiger charge is 2.20. The molecule has 2 aromatic heterocycles. The minimum absolute atomic E-state index is 0.0232. The third-order valence-corrected chi connectivity index (χ3v) is 6.50. The molecule has 4 rings (SSSR count). The van der Waals surface area contributed by atoms with Crippen LogP contribution in [0.2, 0.25) is 0 Å². The molecule has 2 heterocycles. The normalized spacial score (nSPS) is 11.8. The van der Waals surface area contributed by atoms with E-state index in [1.54, 1.807) is 18.3 Å². The molecule has 9 nitrogen and oxygen atoms in total. The number of nitrogens with two attached hydrogens (primary N) is 1. The number of nitrogens with one attached hydrogen (secondary N) is 1. The smallest absolute Gasteiger partial charge is 0.229 e. The van der Waals surface area contributed by atoms with Gasteiger partial charge < -0.3 is 20.5 Å². The van der Waals surface area contributed by atoms with E-state index in [0.29, 0.717) is 29.0 Å². The van der Waals surface area contributed by atoms with Crippen molar-refractivity contribution in [1.82, 2.24) is 19.5 Å². The summed E-state index contributed by atoms with van der Waals surface area (Å²) in [4.78, 5) is 15.6. The van der Waals surface area contributed by atoms with Crippen LogP contribution in [0.15, 0.2) is 48.7 Å². The molecule has 10 heteroatoms. The molecule has 0 bridgehead atoms. The van der Waals surface area contributed by atoms with Gasteiger partial charge in [-0.25, -0.2) is 18.4 Å². The molecular formula is C24H29N7O2S. The van der Waals surface area contributed by atoms with Crippen LogP contribution in [0.3, 0.4) is 0 Å². The standard InChI is InChI=1S/C24H29N7O2S/c1-15(2)21-18(9-10-19-22(21)29-23(25)31(19)4)30(3)20-11-12-26-24(28-20)27-17-8-6-7-16(13-17)14-34(5,32)33/h6-13,15H,14H2,1-5H3,(H2,25,29)(H,26,27,28). The van der Waals surface area contributed by atoms with Crippen LogP contribution in [0.4, 0.5) is 29.1 Å². The summed E-state index contributed by atoms with van der Waals surface area (Å²) in [5.41, 5.74) is 11.4. The Morgan fingerprint density at radius 2 is 1.91 bits per heavy atom. The fraction of sp³-hybridized carbons (Fsp3) is 0.292. The number of imidazole rings is 1. The molecule has 0 unspecified atom stereocenters. The Labute approximate surface area is 199 Å². The summed E-state index contributed by atoms with van der Waals surface area (Å²) in [5.74, 6) is 1.78. The number of aromatic nitrogens is 4. The second-order valence-electron chi connectivity index (χ2n) is 8.74. The lowest BCUT2D eigenvalue weighted by Crippen LogP contribution is -2.15. The average Bonchev–Trinajstić information content (AvgIpc) is 3.05. The van der Waals surface area contributed by atoms with Gasteiger partial charge in [-0.05, 0) is 41.8 Å². The van der Waals surface area contributed by atoms with Crippen molar-refractivity contribution in [3.63, 3.8) is 0 Å². The zero-order chi connectivity index (χ0) is 24.6. The number of hydrogen-bond acceptors (Lipinski definition) is 8. The number of aryl methyl sites for hydroxylation is 1. The molecule has 0 saturated heterocycles. The molecule has 0 radical (unpaired) electrons. The van der Waals surface area contributed by atoms with Gasteiger partial charge in [0, 0.05) is 43.5 Å². The van der Waals surface area contributed by atoms with Gasteiger partial charge in [0.2, 0.25) is 11.9 Å². The van der Waals surface area contributed by atoms with Gasteiger partial charge in [-0.3, -0.25) is 0 Å². The first kappa shape index (κ1) is 23.5. The van der Waals surface area contributed by atoms with Gasteiger partial charge in [0.25, 0.3) is 0 Å². The molecule has 0 saturated carbocycles. The van der Waals surface area contributed by atoms with E-state index in [1.165, 1.54) is 6.26 Å². The number of anilines is 5. The molecule has 0 amide bonds. The second-order valence-corrected chi connectivity index (χ2v) is 10.9. The van der Waals surface area contributed by atoms with Gasteiger partial charge >= 0.3 is 0 Å². The van der Waals surface area contributed by atoms with Crippen LogP contribution in [-0.2, 0) is 22.6 Å². The van der Waals surface area contributed by atoms with Crippen LogP contribution >= 0.6 is 0 Å². The molecule has 34 heavy (non-hydrogen) atoms. The fourth-order valence-corrected chi connectivity index (χ4v) is 4.82. The van der Waals surface area contributed by atoms with Crippen molar-refractivity contribution in [3.05, 3.63) is 59.8 Å². The first-order chi connectivity index (χ1) is 16.0. The van der Waals surface area contributed by atoms with E-state index in [1.807, 2.05) is 47.8 Å². The van der Waals surface area contributed by atoms with E-state index in [4.69, 9.17) is 5.73 Å². The van der Waals surface area contributed by atoms with E-state index < -0.39 is 9.84 Å². The first-order valence-corrected chi connectivity index (χ1v) is 12.9. The summed E-state index contributed by atoms with van der Waals surface area (Å²) in [7, 11) is 0.741. The van der Waals surface area contributed by atoms with Gasteiger partial charge in [-0.2, -0.15) is 4.98 Å². The molecule has 0 atom stereocenters. The topological polar surface area (TPSA) is 119 Å². The van der Waals surface area contributed by atoms with E-state index in [9.17, 15) is 8.42 Å². The number of nitrogen functional groups attached to an aromatic ring is 1. The maximum Gasteiger partial charge on any atom is 0.229 e. The highest BCUT2D eigenvalue weighted by atomic mass is 32.2. The molecule has 0 spiro atoms. The highest BCUT2D eigenvalue weighted by Crippen LogP contribution is 2.37. The Hall–Kier alpha value is -3.66. The van der Waals surface area contributed by atoms with E-state index in [-0.39, 0.29) is 11.7 Å². The van der Waals surface area contributed by atoms with E-state index >= 15 is 0 Å². The van der Waals surface area contributed by atoms with Gasteiger partial charge in [0.05, 0.1) is 16.8 Å². The van der Waals surface area contributed by atoms with Crippen LogP contribution in [-0.4, -0.2) is 41.2 Å². The summed E-state index contributed by atoms with van der Waals surface area (Å²) >= 11 is 0. The average molecular weight is 480 g/mol. The Kier molecular flexibility index (Phi) is 6.18. The lowest BCUT2D eigenvalue weighted by atomic mass is 9.98. The predicted octanol–water partition coefficient (Wildman–Crippen LogP) is 4.13. The molecule has 3 N–H and O–H groups in total. The maximum absolute atomic E-state index is 11.6. The summed E-state index contributed by atoms with van der Waals surface area (Å²) < 4.78 is 25.2. The molecule has 0 aliphatic carbocycles. The van der Waals surface area contributed by atoms with Gasteiger partial charge in [0.15, 0.2) is 9.84 Å². The minimum atomic E-state index is -3.12. The van der Waals surface area contributed by atoms with Crippen molar-refractivity contribution in [1.29, 1.82) is 0 Å². The quantitative estimate of drug-likeness (QED) is 0.406. The Bertz CT molecular complexity index is 1460. The maximum atomic E-state index is 11.6.